The Hall–Kier alpha value is -1.59. The predicted octanol–water partition coefficient (Wildman–Crippen LogP) is 0.305. The predicted molar refractivity (Wildman–Crippen MR) is 60.8 cm³/mol. The molecule has 1 aromatic carbocycles. The number of nitrogens with zero attached hydrogens (tertiary/aromatic N) is 2. The number of rotatable bonds is 3. The molecule has 0 spiro atoms. The first-order chi connectivity index (χ1) is 7.72. The van der Waals surface area contributed by atoms with E-state index in [-0.39, 0.29) is 11.7 Å². The Morgan fingerprint density at radius 1 is 1.31 bits per heavy atom. The number of carbonyl (C=O) groups excluding carboxylic acids is 1. The quantitative estimate of drug-likeness (QED) is 0.770. The van der Waals surface area contributed by atoms with Crippen LogP contribution in [0.4, 0.5) is 5.69 Å². The fourth-order valence-corrected chi connectivity index (χ4v) is 1.85. The van der Waals surface area contributed by atoms with Crippen LogP contribution in [0.1, 0.15) is 6.42 Å². The van der Waals surface area contributed by atoms with Crippen molar-refractivity contribution < 1.29 is 9.90 Å². The summed E-state index contributed by atoms with van der Waals surface area (Å²) in [6.07, 6.45) is 0.515. The molecule has 0 unspecified atom stereocenters. The van der Waals surface area contributed by atoms with Gasteiger partial charge >= 0.3 is 0 Å². The van der Waals surface area contributed by atoms with Crippen LogP contribution in [0.25, 0.3) is 0 Å². The van der Waals surface area contributed by atoms with E-state index in [9.17, 15) is 9.90 Å². The van der Waals surface area contributed by atoms with Gasteiger partial charge in [-0.05, 0) is 24.3 Å². The summed E-state index contributed by atoms with van der Waals surface area (Å²) in [5.41, 5.74) is 6.27. The van der Waals surface area contributed by atoms with Crippen LogP contribution in [0.2, 0.25) is 0 Å². The number of nitrogens with two attached hydrogens (primary N) is 1. The number of phenolic OH excluding ortho intramolecular Hbond substituents is 1. The summed E-state index contributed by atoms with van der Waals surface area (Å²) in [7, 11) is 0. The zero-order valence-electron chi connectivity index (χ0n) is 8.97. The third kappa shape index (κ3) is 2.00. The van der Waals surface area contributed by atoms with Crippen LogP contribution in [-0.4, -0.2) is 35.7 Å². The molecule has 0 atom stereocenters. The van der Waals surface area contributed by atoms with Crippen LogP contribution in [-0.2, 0) is 4.79 Å². The Labute approximate surface area is 94.0 Å². The molecule has 2 rings (SSSR count). The van der Waals surface area contributed by atoms with Crippen molar-refractivity contribution >= 4 is 11.6 Å². The Balaban J connectivity index is 2.22. The molecule has 1 fully saturated rings. The zero-order valence-corrected chi connectivity index (χ0v) is 8.97. The van der Waals surface area contributed by atoms with Crippen LogP contribution in [0.15, 0.2) is 24.3 Å². The highest BCUT2D eigenvalue weighted by Gasteiger charge is 2.29. The van der Waals surface area contributed by atoms with E-state index in [1.165, 1.54) is 0 Å². The Morgan fingerprint density at radius 3 is 2.62 bits per heavy atom. The third-order valence-electron chi connectivity index (χ3n) is 2.58. The van der Waals surface area contributed by atoms with Gasteiger partial charge in [-0.1, -0.05) is 0 Å². The first-order valence-electron chi connectivity index (χ1n) is 5.29. The Bertz CT molecular complexity index is 377. The van der Waals surface area contributed by atoms with Crippen molar-refractivity contribution in [3.05, 3.63) is 24.3 Å². The molecule has 1 aromatic rings. The van der Waals surface area contributed by atoms with E-state index in [1.54, 1.807) is 29.3 Å². The second-order valence-corrected chi connectivity index (χ2v) is 3.71. The minimum Gasteiger partial charge on any atom is -0.508 e. The lowest BCUT2D eigenvalue weighted by atomic mass is 10.3. The van der Waals surface area contributed by atoms with E-state index in [4.69, 9.17) is 5.73 Å². The molecule has 5 nitrogen and oxygen atoms in total. The van der Waals surface area contributed by atoms with Crippen molar-refractivity contribution in [3.8, 4) is 5.75 Å². The number of hydrogen-bond acceptors (Lipinski definition) is 4. The van der Waals surface area contributed by atoms with Crippen molar-refractivity contribution in [1.29, 1.82) is 0 Å². The minimum atomic E-state index is 0.0686. The maximum Gasteiger partial charge on any atom is 0.242 e. The van der Waals surface area contributed by atoms with Gasteiger partial charge in [-0.25, -0.2) is 10.0 Å². The molecule has 1 aliphatic rings. The normalized spacial score (nSPS) is 17.1. The van der Waals surface area contributed by atoms with Gasteiger partial charge in [0.2, 0.25) is 5.91 Å². The van der Waals surface area contributed by atoms with Gasteiger partial charge in [-0.3, -0.25) is 4.79 Å². The molecule has 86 valence electrons. The lowest BCUT2D eigenvalue weighted by Gasteiger charge is -2.27. The highest BCUT2D eigenvalue weighted by atomic mass is 16.3. The van der Waals surface area contributed by atoms with E-state index in [1.807, 2.05) is 5.01 Å². The summed E-state index contributed by atoms with van der Waals surface area (Å²) in [5, 5.41) is 12.8. The third-order valence-corrected chi connectivity index (χ3v) is 2.58. The molecule has 0 aromatic heterocycles. The maximum absolute atomic E-state index is 11.7. The van der Waals surface area contributed by atoms with Gasteiger partial charge in [0.25, 0.3) is 0 Å². The zero-order chi connectivity index (χ0) is 11.5. The molecule has 1 saturated heterocycles. The molecule has 0 radical (unpaired) electrons. The van der Waals surface area contributed by atoms with Crippen LogP contribution in [0, 0.1) is 0 Å². The summed E-state index contributed by atoms with van der Waals surface area (Å²) >= 11 is 0. The van der Waals surface area contributed by atoms with Crippen molar-refractivity contribution in [2.45, 2.75) is 6.42 Å². The van der Waals surface area contributed by atoms with Gasteiger partial charge in [-0.2, -0.15) is 0 Å². The molecule has 0 bridgehead atoms. The number of hydrogen-bond donors (Lipinski definition) is 2. The number of aromatic hydroxyl groups is 1. The molecule has 16 heavy (non-hydrogen) atoms. The van der Waals surface area contributed by atoms with Crippen LogP contribution in [0.3, 0.4) is 0 Å². The number of carbonyl (C=O) groups is 1. The fraction of sp³-hybridized carbons (Fsp3) is 0.364. The summed E-state index contributed by atoms with van der Waals surface area (Å²) in [5.74, 6) is 0.264. The van der Waals surface area contributed by atoms with Crippen molar-refractivity contribution in [1.82, 2.24) is 5.01 Å². The molecule has 1 amide bonds. The molecule has 3 N–H and O–H groups in total. The highest BCUT2D eigenvalue weighted by molar-refractivity contribution is 5.94. The number of phenols is 1. The number of amides is 1. The Morgan fingerprint density at radius 2 is 2.00 bits per heavy atom. The van der Waals surface area contributed by atoms with Gasteiger partial charge in [0.15, 0.2) is 0 Å². The number of benzene rings is 1. The monoisotopic (exact) mass is 221 g/mol. The summed E-state index contributed by atoms with van der Waals surface area (Å²) in [6.45, 7) is 1.88. The average Bonchev–Trinajstić information content (AvgIpc) is 2.62. The standard InChI is InChI=1S/C11H15N3O2/c12-6-8-13-7-5-11(16)14(13)9-1-3-10(15)4-2-9/h1-4,15H,5-8,12H2. The average molecular weight is 221 g/mol. The fourth-order valence-electron chi connectivity index (χ4n) is 1.85. The number of hydrazine groups is 1. The Kier molecular flexibility index (Phi) is 3.07. The smallest absolute Gasteiger partial charge is 0.242 e. The summed E-state index contributed by atoms with van der Waals surface area (Å²) in [4.78, 5) is 11.7. The second kappa shape index (κ2) is 4.51. The van der Waals surface area contributed by atoms with Gasteiger partial charge in [-0.15, -0.1) is 0 Å². The molecule has 1 aliphatic heterocycles. The molecular weight excluding hydrogens is 206 g/mol. The lowest BCUT2D eigenvalue weighted by Crippen LogP contribution is -2.41. The first-order valence-corrected chi connectivity index (χ1v) is 5.29. The van der Waals surface area contributed by atoms with Crippen LogP contribution >= 0.6 is 0 Å². The van der Waals surface area contributed by atoms with Gasteiger partial charge < -0.3 is 10.8 Å². The van der Waals surface area contributed by atoms with E-state index in [2.05, 4.69) is 0 Å². The van der Waals surface area contributed by atoms with E-state index < -0.39 is 0 Å². The topological polar surface area (TPSA) is 69.8 Å². The van der Waals surface area contributed by atoms with Crippen molar-refractivity contribution in [2.75, 3.05) is 24.6 Å². The van der Waals surface area contributed by atoms with E-state index in [0.717, 1.165) is 5.69 Å². The SMILES string of the molecule is NCCN1CCC(=O)N1c1ccc(O)cc1. The van der Waals surface area contributed by atoms with Gasteiger partial charge in [0.05, 0.1) is 5.69 Å². The minimum absolute atomic E-state index is 0.0686. The van der Waals surface area contributed by atoms with Gasteiger partial charge in [0, 0.05) is 26.1 Å². The second-order valence-electron chi connectivity index (χ2n) is 3.71. The highest BCUT2D eigenvalue weighted by Crippen LogP contribution is 2.24. The molecule has 5 heteroatoms. The van der Waals surface area contributed by atoms with Crippen molar-refractivity contribution in [2.24, 2.45) is 5.73 Å². The van der Waals surface area contributed by atoms with Crippen LogP contribution < -0.4 is 10.7 Å². The molecule has 0 aliphatic carbocycles. The van der Waals surface area contributed by atoms with E-state index >= 15 is 0 Å². The van der Waals surface area contributed by atoms with Crippen molar-refractivity contribution in [3.63, 3.8) is 0 Å². The van der Waals surface area contributed by atoms with E-state index in [0.29, 0.717) is 26.1 Å². The molecule has 1 heterocycles. The first kappa shape index (κ1) is 10.9. The lowest BCUT2D eigenvalue weighted by molar-refractivity contribution is -0.118. The summed E-state index contributed by atoms with van der Waals surface area (Å²) in [6, 6.07) is 6.59. The number of anilines is 1. The van der Waals surface area contributed by atoms with Crippen LogP contribution in [0.5, 0.6) is 5.75 Å². The van der Waals surface area contributed by atoms with Gasteiger partial charge in [0.1, 0.15) is 5.75 Å². The summed E-state index contributed by atoms with van der Waals surface area (Å²) < 4.78 is 0. The molecule has 0 saturated carbocycles. The largest absolute Gasteiger partial charge is 0.508 e. The maximum atomic E-state index is 11.7. The molecular formula is C11H15N3O2.